The summed E-state index contributed by atoms with van der Waals surface area (Å²) in [6.45, 7) is 2.80. The highest BCUT2D eigenvalue weighted by atomic mass is 16.5. The van der Waals surface area contributed by atoms with Gasteiger partial charge in [-0.15, -0.1) is 0 Å². The summed E-state index contributed by atoms with van der Waals surface area (Å²) < 4.78 is 6.00. The lowest BCUT2D eigenvalue weighted by Crippen LogP contribution is -2.32. The number of hydrogen-bond donors (Lipinski definition) is 1. The maximum absolute atomic E-state index is 6.00. The van der Waals surface area contributed by atoms with Crippen LogP contribution in [0.2, 0.25) is 0 Å². The van der Waals surface area contributed by atoms with E-state index in [1.54, 1.807) is 0 Å². The largest absolute Gasteiger partial charge is 0.373 e. The molecule has 3 nitrogen and oxygen atoms in total. The van der Waals surface area contributed by atoms with Crippen molar-refractivity contribution < 1.29 is 4.74 Å². The average Bonchev–Trinajstić information content (AvgIpc) is 2.46. The molecule has 1 aromatic heterocycles. The minimum atomic E-state index is 0.394. The van der Waals surface area contributed by atoms with Gasteiger partial charge < -0.3 is 10.1 Å². The summed E-state index contributed by atoms with van der Waals surface area (Å²) in [5, 5.41) is 4.53. The molecule has 2 heterocycles. The second-order valence-corrected chi connectivity index (χ2v) is 4.75. The molecule has 0 spiro atoms. The second-order valence-electron chi connectivity index (χ2n) is 4.75. The van der Waals surface area contributed by atoms with Gasteiger partial charge in [0.15, 0.2) is 0 Å². The molecule has 0 aliphatic carbocycles. The molecule has 1 aliphatic heterocycles. The van der Waals surface area contributed by atoms with Crippen molar-refractivity contribution in [2.75, 3.05) is 13.1 Å². The third-order valence-electron chi connectivity index (χ3n) is 3.48. The van der Waals surface area contributed by atoms with Crippen LogP contribution in [0.25, 0.3) is 10.9 Å². The smallest absolute Gasteiger partial charge is 0.0757 e. The first kappa shape index (κ1) is 11.6. The van der Waals surface area contributed by atoms with Crippen molar-refractivity contribution in [2.45, 2.75) is 25.6 Å². The van der Waals surface area contributed by atoms with E-state index in [0.717, 1.165) is 31.4 Å². The molecule has 2 aromatic rings. The van der Waals surface area contributed by atoms with Crippen LogP contribution in [0.15, 0.2) is 36.5 Å². The number of nitrogens with zero attached hydrogens (tertiary/aromatic N) is 1. The standard InChI is InChI=1S/C15H18N2O/c1-3-12-5-2-8-17-15(12)13(4-1)11-18-14-6-9-16-10-7-14/h1-5,8,14,16H,6-7,9-11H2. The van der Waals surface area contributed by atoms with E-state index in [-0.39, 0.29) is 0 Å². The van der Waals surface area contributed by atoms with Gasteiger partial charge in [0, 0.05) is 17.1 Å². The van der Waals surface area contributed by atoms with E-state index in [1.165, 1.54) is 10.9 Å². The summed E-state index contributed by atoms with van der Waals surface area (Å²) in [5.41, 5.74) is 2.25. The molecule has 1 aliphatic rings. The molecule has 3 heteroatoms. The fraction of sp³-hybridized carbons (Fsp3) is 0.400. The Bertz CT molecular complexity index is 515. The molecule has 0 amide bonds. The maximum atomic E-state index is 6.00. The highest BCUT2D eigenvalue weighted by molar-refractivity contribution is 5.81. The zero-order valence-electron chi connectivity index (χ0n) is 10.4. The highest BCUT2D eigenvalue weighted by Crippen LogP contribution is 2.18. The van der Waals surface area contributed by atoms with Crippen LogP contribution >= 0.6 is 0 Å². The van der Waals surface area contributed by atoms with Crippen molar-refractivity contribution in [2.24, 2.45) is 0 Å². The minimum Gasteiger partial charge on any atom is -0.373 e. The first-order valence-corrected chi connectivity index (χ1v) is 6.58. The third kappa shape index (κ3) is 2.52. The lowest BCUT2D eigenvalue weighted by atomic mass is 10.1. The molecule has 1 fully saturated rings. The Morgan fingerprint density at radius 2 is 2.00 bits per heavy atom. The predicted molar refractivity (Wildman–Crippen MR) is 72.4 cm³/mol. The normalized spacial score (nSPS) is 17.1. The van der Waals surface area contributed by atoms with Gasteiger partial charge >= 0.3 is 0 Å². The Kier molecular flexibility index (Phi) is 3.53. The first-order chi connectivity index (χ1) is 8.93. The quantitative estimate of drug-likeness (QED) is 0.898. The van der Waals surface area contributed by atoms with Crippen LogP contribution in [0.4, 0.5) is 0 Å². The molecule has 0 bridgehead atoms. The zero-order valence-corrected chi connectivity index (χ0v) is 10.4. The van der Waals surface area contributed by atoms with Crippen molar-refractivity contribution in [3.8, 4) is 0 Å². The van der Waals surface area contributed by atoms with Crippen LogP contribution in [-0.4, -0.2) is 24.2 Å². The Hall–Kier alpha value is -1.45. The fourth-order valence-corrected chi connectivity index (χ4v) is 2.45. The van der Waals surface area contributed by atoms with Gasteiger partial charge in [-0.3, -0.25) is 4.98 Å². The summed E-state index contributed by atoms with van der Waals surface area (Å²) in [4.78, 5) is 4.45. The molecular formula is C15H18N2O. The van der Waals surface area contributed by atoms with Crippen molar-refractivity contribution in [3.63, 3.8) is 0 Å². The molecule has 1 saturated heterocycles. The van der Waals surface area contributed by atoms with Gasteiger partial charge in [0.05, 0.1) is 18.2 Å². The number of piperidine rings is 1. The predicted octanol–water partition coefficient (Wildman–Crippen LogP) is 2.50. The molecular weight excluding hydrogens is 224 g/mol. The number of aromatic nitrogens is 1. The van der Waals surface area contributed by atoms with Crippen molar-refractivity contribution in [1.29, 1.82) is 0 Å². The van der Waals surface area contributed by atoms with Crippen LogP contribution in [0, 0.1) is 0 Å². The number of pyridine rings is 1. The van der Waals surface area contributed by atoms with E-state index in [4.69, 9.17) is 4.74 Å². The topological polar surface area (TPSA) is 34.1 Å². The molecule has 94 valence electrons. The number of nitrogens with one attached hydrogen (secondary N) is 1. The van der Waals surface area contributed by atoms with Gasteiger partial charge in [-0.05, 0) is 32.0 Å². The third-order valence-corrected chi connectivity index (χ3v) is 3.48. The second kappa shape index (κ2) is 5.46. The Morgan fingerprint density at radius 1 is 1.17 bits per heavy atom. The van der Waals surface area contributed by atoms with Crippen molar-refractivity contribution in [1.82, 2.24) is 10.3 Å². The minimum absolute atomic E-state index is 0.394. The van der Waals surface area contributed by atoms with E-state index in [1.807, 2.05) is 12.3 Å². The van der Waals surface area contributed by atoms with Crippen LogP contribution in [0.3, 0.4) is 0 Å². The number of hydrogen-bond acceptors (Lipinski definition) is 3. The van der Waals surface area contributed by atoms with Crippen LogP contribution in [0.1, 0.15) is 18.4 Å². The lowest BCUT2D eigenvalue weighted by molar-refractivity contribution is 0.0217. The zero-order chi connectivity index (χ0) is 12.2. The van der Waals surface area contributed by atoms with Gasteiger partial charge in [0.25, 0.3) is 0 Å². The van der Waals surface area contributed by atoms with E-state index < -0.39 is 0 Å². The fourth-order valence-electron chi connectivity index (χ4n) is 2.45. The van der Waals surface area contributed by atoms with Crippen molar-refractivity contribution in [3.05, 3.63) is 42.1 Å². The average molecular weight is 242 g/mol. The van der Waals surface area contributed by atoms with E-state index in [0.29, 0.717) is 12.7 Å². The Balaban J connectivity index is 1.74. The van der Waals surface area contributed by atoms with Crippen LogP contribution < -0.4 is 5.32 Å². The van der Waals surface area contributed by atoms with Gasteiger partial charge in [-0.25, -0.2) is 0 Å². The number of fused-ring (bicyclic) bond motifs is 1. The van der Waals surface area contributed by atoms with Gasteiger partial charge in [0.1, 0.15) is 0 Å². The number of benzene rings is 1. The van der Waals surface area contributed by atoms with Gasteiger partial charge in [-0.1, -0.05) is 24.3 Å². The molecule has 3 rings (SSSR count). The summed E-state index contributed by atoms with van der Waals surface area (Å²) in [7, 11) is 0. The molecule has 0 unspecified atom stereocenters. The van der Waals surface area contributed by atoms with E-state index in [9.17, 15) is 0 Å². The van der Waals surface area contributed by atoms with Crippen LogP contribution in [-0.2, 0) is 11.3 Å². The molecule has 0 atom stereocenters. The van der Waals surface area contributed by atoms with Gasteiger partial charge in [0.2, 0.25) is 0 Å². The van der Waals surface area contributed by atoms with Crippen LogP contribution in [0.5, 0.6) is 0 Å². The maximum Gasteiger partial charge on any atom is 0.0757 e. The van der Waals surface area contributed by atoms with Gasteiger partial charge in [-0.2, -0.15) is 0 Å². The Morgan fingerprint density at radius 3 is 2.89 bits per heavy atom. The lowest BCUT2D eigenvalue weighted by Gasteiger charge is -2.23. The molecule has 1 aromatic carbocycles. The highest BCUT2D eigenvalue weighted by Gasteiger charge is 2.13. The monoisotopic (exact) mass is 242 g/mol. The summed E-state index contributed by atoms with van der Waals surface area (Å²) in [6, 6.07) is 10.3. The van der Waals surface area contributed by atoms with E-state index >= 15 is 0 Å². The van der Waals surface area contributed by atoms with Crippen molar-refractivity contribution >= 4 is 10.9 Å². The number of ether oxygens (including phenoxy) is 1. The summed E-state index contributed by atoms with van der Waals surface area (Å²) in [6.07, 6.45) is 4.46. The molecule has 0 saturated carbocycles. The first-order valence-electron chi connectivity index (χ1n) is 6.58. The molecule has 1 N–H and O–H groups in total. The number of para-hydroxylation sites is 1. The molecule has 0 radical (unpaired) electrons. The number of rotatable bonds is 3. The Labute approximate surface area is 107 Å². The van der Waals surface area contributed by atoms with E-state index in [2.05, 4.69) is 34.6 Å². The summed E-state index contributed by atoms with van der Waals surface area (Å²) in [5.74, 6) is 0. The molecule has 18 heavy (non-hydrogen) atoms. The SMILES string of the molecule is c1cnc2c(COC3CCNCC3)cccc2c1. The summed E-state index contributed by atoms with van der Waals surface area (Å²) >= 11 is 0.